The van der Waals surface area contributed by atoms with Gasteiger partial charge >= 0.3 is 0 Å². The fourth-order valence-corrected chi connectivity index (χ4v) is 2.27. The lowest BCUT2D eigenvalue weighted by Gasteiger charge is -2.32. The third-order valence-electron chi connectivity index (χ3n) is 3.86. The molecular formula is C17H19F2N. The molecule has 0 saturated carbocycles. The summed E-state index contributed by atoms with van der Waals surface area (Å²) >= 11 is 0. The van der Waals surface area contributed by atoms with Gasteiger partial charge in [0, 0.05) is 11.5 Å². The molecule has 0 heterocycles. The van der Waals surface area contributed by atoms with E-state index in [9.17, 15) is 8.78 Å². The zero-order chi connectivity index (χ0) is 14.8. The van der Waals surface area contributed by atoms with Crippen LogP contribution in [0.3, 0.4) is 0 Å². The van der Waals surface area contributed by atoms with Crippen molar-refractivity contribution in [1.29, 1.82) is 0 Å². The third-order valence-corrected chi connectivity index (χ3v) is 3.86. The van der Waals surface area contributed by atoms with Crippen molar-refractivity contribution in [3.63, 3.8) is 0 Å². The van der Waals surface area contributed by atoms with Gasteiger partial charge in [-0.05, 0) is 41.8 Å². The monoisotopic (exact) mass is 275 g/mol. The van der Waals surface area contributed by atoms with E-state index in [0.29, 0.717) is 6.42 Å². The van der Waals surface area contributed by atoms with Gasteiger partial charge in [0.25, 0.3) is 0 Å². The van der Waals surface area contributed by atoms with Crippen molar-refractivity contribution >= 4 is 0 Å². The average molecular weight is 275 g/mol. The summed E-state index contributed by atoms with van der Waals surface area (Å²) in [4.78, 5) is 0. The van der Waals surface area contributed by atoms with E-state index in [-0.39, 0.29) is 23.1 Å². The molecule has 0 aliphatic rings. The number of nitrogens with two attached hydrogens (primary N) is 1. The summed E-state index contributed by atoms with van der Waals surface area (Å²) in [5.74, 6) is -0.516. The minimum atomic E-state index is -0.319. The van der Waals surface area contributed by atoms with Crippen LogP contribution in [0.2, 0.25) is 0 Å². The number of hydrogen-bond acceptors (Lipinski definition) is 1. The molecule has 1 atom stereocenters. The molecule has 0 amide bonds. The van der Waals surface area contributed by atoms with Gasteiger partial charge in [-0.3, -0.25) is 0 Å². The lowest BCUT2D eigenvalue weighted by Crippen LogP contribution is -2.42. The smallest absolute Gasteiger partial charge is 0.123 e. The molecule has 0 saturated heterocycles. The lowest BCUT2D eigenvalue weighted by atomic mass is 9.76. The van der Waals surface area contributed by atoms with Gasteiger partial charge in [-0.25, -0.2) is 8.78 Å². The molecule has 3 heteroatoms. The molecule has 2 aromatic rings. The van der Waals surface area contributed by atoms with E-state index in [4.69, 9.17) is 5.73 Å². The van der Waals surface area contributed by atoms with Crippen LogP contribution in [-0.4, -0.2) is 6.04 Å². The summed E-state index contributed by atoms with van der Waals surface area (Å²) in [6.07, 6.45) is 0.572. The van der Waals surface area contributed by atoms with Crippen molar-refractivity contribution in [2.45, 2.75) is 31.7 Å². The Bertz CT molecular complexity index is 576. The van der Waals surface area contributed by atoms with Crippen molar-refractivity contribution in [3.8, 4) is 0 Å². The SMILES string of the molecule is CC(C)(c1ccc(F)cc1)C(N)Cc1cccc(F)c1. The normalized spacial score (nSPS) is 13.2. The maximum Gasteiger partial charge on any atom is 0.123 e. The fraction of sp³-hybridized carbons (Fsp3) is 0.294. The Labute approximate surface area is 118 Å². The second-order valence-electron chi connectivity index (χ2n) is 5.67. The molecule has 1 nitrogen and oxygen atoms in total. The second-order valence-corrected chi connectivity index (χ2v) is 5.67. The lowest BCUT2D eigenvalue weighted by molar-refractivity contribution is 0.405. The average Bonchev–Trinajstić information content (AvgIpc) is 2.39. The highest BCUT2D eigenvalue weighted by Gasteiger charge is 2.28. The first-order valence-electron chi connectivity index (χ1n) is 6.65. The number of benzene rings is 2. The van der Waals surface area contributed by atoms with E-state index >= 15 is 0 Å². The molecule has 0 spiro atoms. The summed E-state index contributed by atoms with van der Waals surface area (Å²) < 4.78 is 26.2. The Kier molecular flexibility index (Phi) is 4.19. The van der Waals surface area contributed by atoms with Gasteiger partial charge in [0.2, 0.25) is 0 Å². The molecule has 0 radical (unpaired) electrons. The van der Waals surface area contributed by atoms with Gasteiger partial charge in [-0.15, -0.1) is 0 Å². The number of halogens is 2. The molecule has 1 unspecified atom stereocenters. The van der Waals surface area contributed by atoms with Crippen LogP contribution in [0.25, 0.3) is 0 Å². The van der Waals surface area contributed by atoms with Crippen LogP contribution in [0.15, 0.2) is 48.5 Å². The molecule has 106 valence electrons. The van der Waals surface area contributed by atoms with E-state index in [1.165, 1.54) is 24.3 Å². The fourth-order valence-electron chi connectivity index (χ4n) is 2.27. The number of rotatable bonds is 4. The highest BCUT2D eigenvalue weighted by Crippen LogP contribution is 2.28. The highest BCUT2D eigenvalue weighted by molar-refractivity contribution is 5.28. The summed E-state index contributed by atoms with van der Waals surface area (Å²) in [6, 6.07) is 12.7. The predicted octanol–water partition coefficient (Wildman–Crippen LogP) is 3.81. The summed E-state index contributed by atoms with van der Waals surface area (Å²) in [6.45, 7) is 4.04. The van der Waals surface area contributed by atoms with Gasteiger partial charge in [0.15, 0.2) is 0 Å². The quantitative estimate of drug-likeness (QED) is 0.902. The molecule has 0 aliphatic heterocycles. The first-order chi connectivity index (χ1) is 9.39. The van der Waals surface area contributed by atoms with Crippen LogP contribution in [-0.2, 0) is 11.8 Å². The molecular weight excluding hydrogens is 256 g/mol. The summed E-state index contributed by atoms with van der Waals surface area (Å²) in [7, 11) is 0. The van der Waals surface area contributed by atoms with Crippen LogP contribution in [0.5, 0.6) is 0 Å². The van der Waals surface area contributed by atoms with Gasteiger partial charge < -0.3 is 5.73 Å². The maximum atomic E-state index is 13.2. The van der Waals surface area contributed by atoms with E-state index in [2.05, 4.69) is 0 Å². The van der Waals surface area contributed by atoms with Crippen molar-refractivity contribution in [2.75, 3.05) is 0 Å². The van der Waals surface area contributed by atoms with Gasteiger partial charge in [-0.1, -0.05) is 38.1 Å². The zero-order valence-corrected chi connectivity index (χ0v) is 11.7. The molecule has 0 fully saturated rings. The first kappa shape index (κ1) is 14.7. The molecule has 2 aromatic carbocycles. The van der Waals surface area contributed by atoms with Crippen LogP contribution < -0.4 is 5.73 Å². The largest absolute Gasteiger partial charge is 0.327 e. The van der Waals surface area contributed by atoms with E-state index in [1.54, 1.807) is 18.2 Å². The van der Waals surface area contributed by atoms with Crippen molar-refractivity contribution < 1.29 is 8.78 Å². The topological polar surface area (TPSA) is 26.0 Å². The van der Waals surface area contributed by atoms with Gasteiger partial charge in [0.05, 0.1) is 0 Å². The Balaban J connectivity index is 2.18. The Hall–Kier alpha value is -1.74. The molecule has 0 aromatic heterocycles. The van der Waals surface area contributed by atoms with Crippen molar-refractivity contribution in [1.82, 2.24) is 0 Å². The predicted molar refractivity (Wildman–Crippen MR) is 77.5 cm³/mol. The summed E-state index contributed by atoms with van der Waals surface area (Å²) in [5.41, 5.74) is 7.81. The van der Waals surface area contributed by atoms with E-state index < -0.39 is 0 Å². The Morgan fingerprint density at radius 3 is 2.25 bits per heavy atom. The zero-order valence-electron chi connectivity index (χ0n) is 11.7. The van der Waals surface area contributed by atoms with Crippen molar-refractivity contribution in [3.05, 3.63) is 71.3 Å². The molecule has 0 aliphatic carbocycles. The third kappa shape index (κ3) is 3.23. The van der Waals surface area contributed by atoms with Gasteiger partial charge in [-0.2, -0.15) is 0 Å². The van der Waals surface area contributed by atoms with Crippen LogP contribution in [0.4, 0.5) is 8.78 Å². The van der Waals surface area contributed by atoms with E-state index in [1.807, 2.05) is 19.9 Å². The summed E-state index contributed by atoms with van der Waals surface area (Å²) in [5, 5.41) is 0. The highest BCUT2D eigenvalue weighted by atomic mass is 19.1. The maximum absolute atomic E-state index is 13.2. The Morgan fingerprint density at radius 1 is 1.00 bits per heavy atom. The minimum absolute atomic E-state index is 0.185. The Morgan fingerprint density at radius 2 is 1.65 bits per heavy atom. The molecule has 2 N–H and O–H groups in total. The van der Waals surface area contributed by atoms with Crippen LogP contribution in [0, 0.1) is 11.6 Å². The van der Waals surface area contributed by atoms with E-state index in [0.717, 1.165) is 11.1 Å². The standard InChI is InChI=1S/C17H19F2N/c1-17(2,13-6-8-14(18)9-7-13)16(20)11-12-4-3-5-15(19)10-12/h3-10,16H,11,20H2,1-2H3. The number of hydrogen-bond donors (Lipinski definition) is 1. The van der Waals surface area contributed by atoms with Crippen LogP contribution >= 0.6 is 0 Å². The molecule has 2 rings (SSSR count). The minimum Gasteiger partial charge on any atom is -0.327 e. The first-order valence-corrected chi connectivity index (χ1v) is 6.65. The van der Waals surface area contributed by atoms with Gasteiger partial charge in [0.1, 0.15) is 11.6 Å². The molecule has 0 bridgehead atoms. The molecule has 20 heavy (non-hydrogen) atoms. The van der Waals surface area contributed by atoms with Crippen LogP contribution in [0.1, 0.15) is 25.0 Å². The second kappa shape index (κ2) is 5.71. The van der Waals surface area contributed by atoms with Crippen molar-refractivity contribution in [2.24, 2.45) is 5.73 Å².